The van der Waals surface area contributed by atoms with Crippen LogP contribution in [0.5, 0.6) is 0 Å². The summed E-state index contributed by atoms with van der Waals surface area (Å²) in [4.78, 5) is 3.35. The van der Waals surface area contributed by atoms with E-state index in [9.17, 15) is 0 Å². The fourth-order valence-electron chi connectivity index (χ4n) is 2.66. The first-order valence-corrected chi connectivity index (χ1v) is 8.01. The fraction of sp³-hybridized carbons (Fsp3) is 0.500. The summed E-state index contributed by atoms with van der Waals surface area (Å²) in [7, 11) is 0. The number of para-hydroxylation sites is 1. The Balaban J connectivity index is 1.98. The first-order valence-electron chi connectivity index (χ1n) is 6.55. The lowest BCUT2D eigenvalue weighted by Crippen LogP contribution is -2.17. The lowest BCUT2D eigenvalue weighted by Gasteiger charge is -2.21. The molecule has 96 valence electrons. The Kier molecular flexibility index (Phi) is 3.48. The first kappa shape index (κ1) is 12.3. The lowest BCUT2D eigenvalue weighted by molar-refractivity contribution is 0.588. The van der Waals surface area contributed by atoms with Crippen LogP contribution in [-0.2, 0) is 6.54 Å². The van der Waals surface area contributed by atoms with Gasteiger partial charge in [-0.3, -0.25) is 0 Å². The van der Waals surface area contributed by atoms with Crippen LogP contribution in [0.1, 0.15) is 24.8 Å². The minimum Gasteiger partial charge on any atom is -0.330 e. The van der Waals surface area contributed by atoms with Gasteiger partial charge in [-0.05, 0) is 49.4 Å². The SMILES string of the molecule is Cc1cccc2c1[nH]c(=S)n2CC1CCCCS1. The summed E-state index contributed by atoms with van der Waals surface area (Å²) in [6.07, 6.45) is 4.07. The Hall–Kier alpha value is -0.740. The van der Waals surface area contributed by atoms with Crippen LogP contribution in [0.2, 0.25) is 0 Å². The molecule has 1 fully saturated rings. The highest BCUT2D eigenvalue weighted by atomic mass is 32.2. The largest absolute Gasteiger partial charge is 0.330 e. The van der Waals surface area contributed by atoms with Crippen LogP contribution in [0.3, 0.4) is 0 Å². The third-order valence-corrected chi connectivity index (χ3v) is 5.38. The van der Waals surface area contributed by atoms with E-state index in [4.69, 9.17) is 12.2 Å². The number of nitrogens with zero attached hydrogens (tertiary/aromatic N) is 1. The van der Waals surface area contributed by atoms with Gasteiger partial charge in [0.25, 0.3) is 0 Å². The second kappa shape index (κ2) is 5.10. The molecule has 2 heterocycles. The Labute approximate surface area is 117 Å². The standard InChI is InChI=1S/C14H18N2S2/c1-10-5-4-7-12-13(10)15-14(17)16(12)9-11-6-2-3-8-18-11/h4-5,7,11H,2-3,6,8-9H2,1H3,(H,15,17). The van der Waals surface area contributed by atoms with E-state index in [1.54, 1.807) is 0 Å². The number of fused-ring (bicyclic) bond motifs is 1. The molecular formula is C14H18N2S2. The van der Waals surface area contributed by atoms with Crippen LogP contribution in [0, 0.1) is 11.7 Å². The van der Waals surface area contributed by atoms with E-state index < -0.39 is 0 Å². The van der Waals surface area contributed by atoms with Crippen molar-refractivity contribution in [2.75, 3.05) is 5.75 Å². The number of aromatic nitrogens is 2. The van der Waals surface area contributed by atoms with Crippen molar-refractivity contribution in [2.45, 2.75) is 38.0 Å². The van der Waals surface area contributed by atoms with Crippen molar-refractivity contribution in [3.05, 3.63) is 28.5 Å². The highest BCUT2D eigenvalue weighted by molar-refractivity contribution is 7.99. The van der Waals surface area contributed by atoms with Crippen LogP contribution in [0.4, 0.5) is 0 Å². The molecule has 1 N–H and O–H groups in total. The van der Waals surface area contributed by atoms with Gasteiger partial charge in [0, 0.05) is 11.8 Å². The molecule has 1 unspecified atom stereocenters. The van der Waals surface area contributed by atoms with E-state index in [0.29, 0.717) is 0 Å². The van der Waals surface area contributed by atoms with Crippen LogP contribution in [0.15, 0.2) is 18.2 Å². The second-order valence-electron chi connectivity index (χ2n) is 5.00. The van der Waals surface area contributed by atoms with Crippen LogP contribution in [0.25, 0.3) is 11.0 Å². The van der Waals surface area contributed by atoms with Crippen molar-refractivity contribution >= 4 is 35.0 Å². The zero-order valence-electron chi connectivity index (χ0n) is 10.6. The summed E-state index contributed by atoms with van der Waals surface area (Å²) >= 11 is 7.58. The molecule has 0 amide bonds. The van der Waals surface area contributed by atoms with Crippen LogP contribution in [-0.4, -0.2) is 20.6 Å². The number of H-pyrrole nitrogens is 1. The number of nitrogens with one attached hydrogen (secondary N) is 1. The smallest absolute Gasteiger partial charge is 0.178 e. The zero-order chi connectivity index (χ0) is 12.5. The Morgan fingerprint density at radius 2 is 2.33 bits per heavy atom. The van der Waals surface area contributed by atoms with Gasteiger partial charge in [-0.1, -0.05) is 18.6 Å². The van der Waals surface area contributed by atoms with Crippen LogP contribution < -0.4 is 0 Å². The molecule has 4 heteroatoms. The monoisotopic (exact) mass is 278 g/mol. The summed E-state index contributed by atoms with van der Waals surface area (Å²) in [6.45, 7) is 3.18. The quantitative estimate of drug-likeness (QED) is 0.827. The van der Waals surface area contributed by atoms with Gasteiger partial charge in [-0.2, -0.15) is 11.8 Å². The first-order chi connectivity index (χ1) is 8.75. The molecule has 2 aromatic rings. The number of hydrogen-bond acceptors (Lipinski definition) is 2. The summed E-state index contributed by atoms with van der Waals surface area (Å²) in [5.41, 5.74) is 3.73. The van der Waals surface area contributed by atoms with E-state index in [0.717, 1.165) is 16.6 Å². The molecule has 0 bridgehead atoms. The topological polar surface area (TPSA) is 20.7 Å². The van der Waals surface area contributed by atoms with Crippen molar-refractivity contribution in [3.63, 3.8) is 0 Å². The lowest BCUT2D eigenvalue weighted by atomic mass is 10.2. The molecule has 0 saturated carbocycles. The molecule has 1 atom stereocenters. The summed E-state index contributed by atoms with van der Waals surface area (Å²) < 4.78 is 3.14. The molecule has 0 spiro atoms. The molecule has 1 saturated heterocycles. The normalized spacial score (nSPS) is 20.4. The molecule has 1 aromatic heterocycles. The number of thioether (sulfide) groups is 1. The molecule has 0 radical (unpaired) electrons. The summed E-state index contributed by atoms with van der Waals surface area (Å²) in [5.74, 6) is 1.30. The van der Waals surface area contributed by atoms with Crippen LogP contribution >= 0.6 is 24.0 Å². The fourth-order valence-corrected chi connectivity index (χ4v) is 4.23. The van der Waals surface area contributed by atoms with Gasteiger partial charge in [0.2, 0.25) is 0 Å². The highest BCUT2D eigenvalue weighted by Gasteiger charge is 2.16. The van der Waals surface area contributed by atoms with Gasteiger partial charge in [-0.15, -0.1) is 0 Å². The van der Waals surface area contributed by atoms with E-state index in [-0.39, 0.29) is 0 Å². The van der Waals surface area contributed by atoms with E-state index in [1.807, 2.05) is 0 Å². The van der Waals surface area contributed by atoms with Gasteiger partial charge >= 0.3 is 0 Å². The minimum atomic E-state index is 0.727. The molecule has 2 nitrogen and oxygen atoms in total. The maximum Gasteiger partial charge on any atom is 0.178 e. The van der Waals surface area contributed by atoms with Gasteiger partial charge in [0.1, 0.15) is 0 Å². The molecule has 18 heavy (non-hydrogen) atoms. The van der Waals surface area contributed by atoms with Gasteiger partial charge in [0.15, 0.2) is 4.77 Å². The Morgan fingerprint density at radius 3 is 3.11 bits per heavy atom. The highest BCUT2D eigenvalue weighted by Crippen LogP contribution is 2.28. The van der Waals surface area contributed by atoms with Crippen molar-refractivity contribution in [2.24, 2.45) is 0 Å². The summed E-state index contributed by atoms with van der Waals surface area (Å²) in [6, 6.07) is 6.42. The number of benzene rings is 1. The molecule has 1 aliphatic heterocycles. The molecule has 1 aromatic carbocycles. The van der Waals surface area contributed by atoms with E-state index >= 15 is 0 Å². The maximum absolute atomic E-state index is 5.48. The van der Waals surface area contributed by atoms with E-state index in [1.165, 1.54) is 41.6 Å². The van der Waals surface area contributed by atoms with Crippen molar-refractivity contribution < 1.29 is 0 Å². The maximum atomic E-state index is 5.48. The van der Waals surface area contributed by atoms with Gasteiger partial charge in [-0.25, -0.2) is 0 Å². The molecule has 1 aliphatic rings. The number of hydrogen-bond donors (Lipinski definition) is 1. The predicted molar refractivity (Wildman–Crippen MR) is 82.0 cm³/mol. The predicted octanol–water partition coefficient (Wildman–Crippen LogP) is 4.29. The van der Waals surface area contributed by atoms with E-state index in [2.05, 4.69) is 46.4 Å². The zero-order valence-corrected chi connectivity index (χ0v) is 12.2. The number of aryl methyl sites for hydroxylation is 1. The van der Waals surface area contributed by atoms with Crippen molar-refractivity contribution in [3.8, 4) is 0 Å². The third-order valence-electron chi connectivity index (χ3n) is 3.68. The average molecular weight is 278 g/mol. The molecular weight excluding hydrogens is 260 g/mol. The van der Waals surface area contributed by atoms with Gasteiger partial charge < -0.3 is 9.55 Å². The number of aromatic amines is 1. The average Bonchev–Trinajstić information content (AvgIpc) is 2.70. The molecule has 3 rings (SSSR count). The minimum absolute atomic E-state index is 0.727. The van der Waals surface area contributed by atoms with Crippen molar-refractivity contribution in [1.82, 2.24) is 9.55 Å². The number of imidazole rings is 1. The number of rotatable bonds is 2. The van der Waals surface area contributed by atoms with Gasteiger partial charge in [0.05, 0.1) is 11.0 Å². The molecule has 0 aliphatic carbocycles. The third kappa shape index (κ3) is 2.24. The Morgan fingerprint density at radius 1 is 1.44 bits per heavy atom. The summed E-state index contributed by atoms with van der Waals surface area (Å²) in [5, 5.41) is 0.727. The van der Waals surface area contributed by atoms with Crippen molar-refractivity contribution in [1.29, 1.82) is 0 Å². The second-order valence-corrected chi connectivity index (χ2v) is 6.79. The Bertz CT molecular complexity index is 606.